The second-order valence-electron chi connectivity index (χ2n) is 7.29. The van der Waals surface area contributed by atoms with Crippen molar-refractivity contribution in [2.24, 2.45) is 7.05 Å². The molecule has 0 spiro atoms. The molecule has 2 heterocycles. The summed E-state index contributed by atoms with van der Waals surface area (Å²) < 4.78 is 8.49. The lowest BCUT2D eigenvalue weighted by molar-refractivity contribution is 0.291. The molecule has 4 aromatic rings. The van der Waals surface area contributed by atoms with Gasteiger partial charge < -0.3 is 4.74 Å². The lowest BCUT2D eigenvalue weighted by Crippen LogP contribution is -2.23. The molecule has 2 aromatic carbocycles. The van der Waals surface area contributed by atoms with Gasteiger partial charge in [0.15, 0.2) is 0 Å². The topological polar surface area (TPSA) is 98.6 Å². The molecule has 0 N–H and O–H groups in total. The van der Waals surface area contributed by atoms with Gasteiger partial charge in [0, 0.05) is 35.5 Å². The largest absolute Gasteiger partial charge is 0.473 e. The first-order valence-corrected chi connectivity index (χ1v) is 10.2. The molecule has 0 aliphatic rings. The van der Waals surface area contributed by atoms with Gasteiger partial charge in [-0.25, -0.2) is 9.78 Å². The van der Waals surface area contributed by atoms with E-state index in [0.717, 1.165) is 34.4 Å². The Labute approximate surface area is 185 Å². The summed E-state index contributed by atoms with van der Waals surface area (Å²) in [6, 6.07) is 19.1. The molecular formula is C24H22N6O2. The predicted octanol–water partition coefficient (Wildman–Crippen LogP) is 3.35. The standard InChI is InChI=1S/C24H22N6O2/c1-4-17-9-7-11-22(30-24(31)29(3)27-28-30)21(17)15-32-23-13-12-19(16(2)26-23)20-10-6-5-8-18(20)14-25/h5-13H,4,15H2,1-3H3. The Morgan fingerprint density at radius 3 is 2.53 bits per heavy atom. The van der Waals surface area contributed by atoms with Gasteiger partial charge in [-0.05, 0) is 47.5 Å². The predicted molar refractivity (Wildman–Crippen MR) is 119 cm³/mol. The zero-order valence-electron chi connectivity index (χ0n) is 18.1. The van der Waals surface area contributed by atoms with Gasteiger partial charge in [0.2, 0.25) is 5.88 Å². The summed E-state index contributed by atoms with van der Waals surface area (Å²) in [6.45, 7) is 4.16. The molecule has 0 fully saturated rings. The summed E-state index contributed by atoms with van der Waals surface area (Å²) in [6.07, 6.45) is 0.776. The second kappa shape index (κ2) is 8.86. The first-order valence-electron chi connectivity index (χ1n) is 10.2. The van der Waals surface area contributed by atoms with Crippen molar-refractivity contribution in [1.29, 1.82) is 5.26 Å². The van der Waals surface area contributed by atoms with Crippen molar-refractivity contribution in [3.63, 3.8) is 0 Å². The van der Waals surface area contributed by atoms with E-state index in [0.29, 0.717) is 17.1 Å². The van der Waals surface area contributed by atoms with Crippen LogP contribution in [0.25, 0.3) is 16.8 Å². The Balaban J connectivity index is 1.65. The molecule has 0 saturated carbocycles. The molecule has 0 unspecified atom stereocenters. The van der Waals surface area contributed by atoms with E-state index in [1.165, 1.54) is 9.36 Å². The van der Waals surface area contributed by atoms with Crippen LogP contribution in [-0.4, -0.2) is 24.8 Å². The molecule has 32 heavy (non-hydrogen) atoms. The minimum atomic E-state index is -0.325. The highest BCUT2D eigenvalue weighted by Crippen LogP contribution is 2.28. The molecule has 8 heteroatoms. The smallest absolute Gasteiger partial charge is 0.368 e. The third-order valence-corrected chi connectivity index (χ3v) is 5.34. The first kappa shape index (κ1) is 21.0. The summed E-state index contributed by atoms with van der Waals surface area (Å²) in [5.41, 5.74) is 5.31. The molecular weight excluding hydrogens is 404 g/mol. The molecule has 0 atom stereocenters. The Morgan fingerprint density at radius 1 is 1.03 bits per heavy atom. The van der Waals surface area contributed by atoms with E-state index < -0.39 is 0 Å². The fourth-order valence-corrected chi connectivity index (χ4v) is 3.65. The average molecular weight is 426 g/mol. The van der Waals surface area contributed by atoms with Crippen LogP contribution in [0, 0.1) is 18.3 Å². The van der Waals surface area contributed by atoms with Crippen LogP contribution in [0.5, 0.6) is 5.88 Å². The number of nitrogens with zero attached hydrogens (tertiary/aromatic N) is 6. The lowest BCUT2D eigenvalue weighted by atomic mass is 9.99. The number of ether oxygens (including phenoxy) is 1. The zero-order valence-corrected chi connectivity index (χ0v) is 18.1. The van der Waals surface area contributed by atoms with Crippen molar-refractivity contribution in [3.05, 3.63) is 87.5 Å². The summed E-state index contributed by atoms with van der Waals surface area (Å²) in [5.74, 6) is 0.462. The van der Waals surface area contributed by atoms with Crippen molar-refractivity contribution in [3.8, 4) is 28.8 Å². The normalized spacial score (nSPS) is 10.7. The third kappa shape index (κ3) is 3.88. The van der Waals surface area contributed by atoms with Crippen LogP contribution in [0.4, 0.5) is 0 Å². The maximum Gasteiger partial charge on any atom is 0.368 e. The zero-order chi connectivity index (χ0) is 22.7. The number of aromatic nitrogens is 5. The number of aryl methyl sites for hydroxylation is 3. The minimum absolute atomic E-state index is 0.225. The maximum absolute atomic E-state index is 12.4. The Bertz CT molecular complexity index is 1380. The SMILES string of the molecule is CCc1cccc(-n2nnn(C)c2=O)c1COc1ccc(-c2ccccc2C#N)c(C)n1. The lowest BCUT2D eigenvalue weighted by Gasteiger charge is -2.15. The van der Waals surface area contributed by atoms with Crippen LogP contribution in [0.1, 0.15) is 29.3 Å². The fourth-order valence-electron chi connectivity index (χ4n) is 3.65. The summed E-state index contributed by atoms with van der Waals surface area (Å²) in [5, 5.41) is 17.2. The fraction of sp³-hybridized carbons (Fsp3) is 0.208. The van der Waals surface area contributed by atoms with Crippen LogP contribution in [0.15, 0.2) is 59.4 Å². The van der Waals surface area contributed by atoms with Crippen molar-refractivity contribution < 1.29 is 4.74 Å². The van der Waals surface area contributed by atoms with Crippen LogP contribution in [-0.2, 0) is 20.1 Å². The number of benzene rings is 2. The number of rotatable bonds is 6. The van der Waals surface area contributed by atoms with E-state index in [1.807, 2.05) is 56.3 Å². The van der Waals surface area contributed by atoms with E-state index in [-0.39, 0.29) is 12.3 Å². The first-order chi connectivity index (χ1) is 15.5. The van der Waals surface area contributed by atoms with Crippen LogP contribution in [0.2, 0.25) is 0 Å². The number of tetrazole rings is 1. The van der Waals surface area contributed by atoms with Gasteiger partial charge in [-0.2, -0.15) is 14.6 Å². The monoisotopic (exact) mass is 426 g/mol. The second-order valence-corrected chi connectivity index (χ2v) is 7.29. The van der Waals surface area contributed by atoms with E-state index in [9.17, 15) is 10.1 Å². The van der Waals surface area contributed by atoms with Crippen LogP contribution in [0.3, 0.4) is 0 Å². The quantitative estimate of drug-likeness (QED) is 0.469. The molecule has 0 amide bonds. The molecule has 2 aromatic heterocycles. The highest BCUT2D eigenvalue weighted by molar-refractivity contribution is 5.72. The van der Waals surface area contributed by atoms with Crippen molar-refractivity contribution >= 4 is 0 Å². The Kier molecular flexibility index (Phi) is 5.81. The maximum atomic E-state index is 12.4. The van der Waals surface area contributed by atoms with Gasteiger partial charge in [-0.1, -0.05) is 37.3 Å². The third-order valence-electron chi connectivity index (χ3n) is 5.34. The molecule has 4 rings (SSSR count). The van der Waals surface area contributed by atoms with Crippen molar-refractivity contribution in [1.82, 2.24) is 24.8 Å². The number of pyridine rings is 1. The van der Waals surface area contributed by atoms with E-state index >= 15 is 0 Å². The van der Waals surface area contributed by atoms with Gasteiger partial charge in [-0.15, -0.1) is 0 Å². The van der Waals surface area contributed by atoms with E-state index in [4.69, 9.17) is 4.74 Å². The van der Waals surface area contributed by atoms with E-state index in [2.05, 4.69) is 21.5 Å². The summed E-state index contributed by atoms with van der Waals surface area (Å²) in [4.78, 5) is 17.0. The van der Waals surface area contributed by atoms with Gasteiger partial charge in [-0.3, -0.25) is 0 Å². The average Bonchev–Trinajstić information content (AvgIpc) is 3.15. The Hall–Kier alpha value is -4.25. The molecule has 0 saturated heterocycles. The number of nitriles is 1. The number of hydrogen-bond donors (Lipinski definition) is 0. The summed E-state index contributed by atoms with van der Waals surface area (Å²) >= 11 is 0. The van der Waals surface area contributed by atoms with Gasteiger partial charge in [0.25, 0.3) is 0 Å². The molecule has 0 aliphatic heterocycles. The highest BCUT2D eigenvalue weighted by atomic mass is 16.5. The molecule has 160 valence electrons. The molecule has 0 aliphatic carbocycles. The Morgan fingerprint density at radius 2 is 1.84 bits per heavy atom. The van der Waals surface area contributed by atoms with Gasteiger partial charge >= 0.3 is 5.69 Å². The highest BCUT2D eigenvalue weighted by Gasteiger charge is 2.15. The van der Waals surface area contributed by atoms with Gasteiger partial charge in [0.05, 0.1) is 17.3 Å². The van der Waals surface area contributed by atoms with Gasteiger partial charge in [0.1, 0.15) is 6.61 Å². The van der Waals surface area contributed by atoms with Crippen LogP contribution < -0.4 is 10.4 Å². The van der Waals surface area contributed by atoms with Crippen LogP contribution >= 0.6 is 0 Å². The molecule has 0 radical (unpaired) electrons. The minimum Gasteiger partial charge on any atom is -0.473 e. The van der Waals surface area contributed by atoms with Crippen molar-refractivity contribution in [2.75, 3.05) is 0 Å². The molecule has 8 nitrogen and oxygen atoms in total. The van der Waals surface area contributed by atoms with Crippen molar-refractivity contribution in [2.45, 2.75) is 26.9 Å². The van der Waals surface area contributed by atoms with E-state index in [1.54, 1.807) is 19.2 Å². The summed E-state index contributed by atoms with van der Waals surface area (Å²) in [7, 11) is 1.56. The number of hydrogen-bond acceptors (Lipinski definition) is 6. The molecule has 0 bridgehead atoms.